The first-order chi connectivity index (χ1) is 11.1. The van der Waals surface area contributed by atoms with E-state index in [1.165, 1.54) is 13.3 Å². The number of esters is 2. The number of hydrogen-bond acceptors (Lipinski definition) is 5. The van der Waals surface area contributed by atoms with E-state index in [1.54, 1.807) is 0 Å². The minimum absolute atomic E-state index is 0.384. The molecule has 1 unspecified atom stereocenters. The second-order valence-electron chi connectivity index (χ2n) is 7.95. The quantitative estimate of drug-likeness (QED) is 0.601. The summed E-state index contributed by atoms with van der Waals surface area (Å²) >= 11 is 2.86. The van der Waals surface area contributed by atoms with Gasteiger partial charge in [0, 0.05) is 0 Å². The summed E-state index contributed by atoms with van der Waals surface area (Å²) in [5.74, 6) is -0.723. The minimum atomic E-state index is -3.85. The zero-order valence-electron chi connectivity index (χ0n) is 14.0. The molecule has 0 amide bonds. The Morgan fingerprint density at radius 2 is 1.67 bits per heavy atom. The van der Waals surface area contributed by atoms with Crippen LogP contribution < -0.4 is 0 Å². The average molecular weight is 362 g/mol. The monoisotopic (exact) mass is 362 g/mol. The maximum absolute atomic E-state index is 12.7. The van der Waals surface area contributed by atoms with Crippen LogP contribution in [0.4, 0.5) is 8.78 Å². The molecule has 0 saturated heterocycles. The third kappa shape index (κ3) is 3.28. The van der Waals surface area contributed by atoms with E-state index in [-0.39, 0.29) is 0 Å². The molecule has 4 aliphatic carbocycles. The molecule has 0 N–H and O–H groups in total. The maximum Gasteiger partial charge on any atom is 0.388 e. The van der Waals surface area contributed by atoms with Crippen molar-refractivity contribution in [2.75, 3.05) is 6.61 Å². The largest absolute Gasteiger partial charge is 0.460 e. The zero-order chi connectivity index (χ0) is 17.7. The smallest absolute Gasteiger partial charge is 0.388 e. The van der Waals surface area contributed by atoms with Crippen molar-refractivity contribution in [2.45, 2.75) is 56.8 Å². The summed E-state index contributed by atoms with van der Waals surface area (Å²) in [5, 5.41) is -3.85. The van der Waals surface area contributed by atoms with E-state index in [2.05, 4.69) is 17.4 Å². The van der Waals surface area contributed by atoms with E-state index in [4.69, 9.17) is 4.74 Å². The lowest BCUT2D eigenvalue weighted by Crippen LogP contribution is -2.58. The number of carbonyl (C=O) groups is 2. The molecule has 4 saturated carbocycles. The van der Waals surface area contributed by atoms with Crippen molar-refractivity contribution in [1.82, 2.24) is 0 Å². The number of hydrogen-bond donors (Lipinski definition) is 1. The summed E-state index contributed by atoms with van der Waals surface area (Å²) in [6, 6.07) is 0. The molecule has 1 atom stereocenters. The van der Waals surface area contributed by atoms with E-state index in [1.807, 2.05) is 6.92 Å². The fraction of sp³-hybridized carbons (Fsp3) is 0.882. The molecule has 4 aliphatic rings. The molecule has 0 aromatic rings. The molecule has 4 rings (SSSR count). The zero-order valence-corrected chi connectivity index (χ0v) is 14.9. The van der Waals surface area contributed by atoms with Gasteiger partial charge in [-0.1, -0.05) is 12.6 Å². The highest BCUT2D eigenvalue weighted by atomic mass is 32.1. The van der Waals surface area contributed by atoms with Gasteiger partial charge < -0.3 is 9.47 Å². The van der Waals surface area contributed by atoms with Gasteiger partial charge in [0.2, 0.25) is 0 Å². The molecular weight excluding hydrogens is 338 g/mol. The Hall–Kier alpha value is -0.850. The third-order valence-electron chi connectivity index (χ3n) is 6.19. The molecule has 4 nitrogen and oxygen atoms in total. The van der Waals surface area contributed by atoms with Crippen LogP contribution in [0.15, 0.2) is 0 Å². The van der Waals surface area contributed by atoms with Crippen LogP contribution in [0.2, 0.25) is 0 Å². The van der Waals surface area contributed by atoms with Crippen molar-refractivity contribution in [1.29, 1.82) is 0 Å². The first-order valence-electron chi connectivity index (χ1n) is 8.59. The number of ether oxygens (including phenoxy) is 2. The standard InChI is InChI=1S/C17H24F2O4S/c1-9(8-22-15(21)17(18,19)24)14(20)23-16(2)12-4-10-3-11(6-12)7-13(16)5-10/h9-13,24H,3-8H2,1-2H3. The molecule has 0 spiro atoms. The second-order valence-corrected chi connectivity index (χ2v) is 8.51. The summed E-state index contributed by atoms with van der Waals surface area (Å²) in [4.78, 5) is 23.4. The van der Waals surface area contributed by atoms with Crippen molar-refractivity contribution in [3.05, 3.63) is 0 Å². The van der Waals surface area contributed by atoms with Crippen molar-refractivity contribution in [3.8, 4) is 0 Å². The SMILES string of the molecule is CC(COC(=O)C(F)(F)S)C(=O)OC1(C)C2CC3CC(C2)CC1C3. The molecule has 0 heterocycles. The molecule has 0 aromatic heterocycles. The predicted molar refractivity (Wildman–Crippen MR) is 85.6 cm³/mol. The van der Waals surface area contributed by atoms with Crippen LogP contribution in [0.25, 0.3) is 0 Å². The van der Waals surface area contributed by atoms with Crippen LogP contribution in [0.1, 0.15) is 46.0 Å². The lowest BCUT2D eigenvalue weighted by molar-refractivity contribution is -0.208. The van der Waals surface area contributed by atoms with Crippen LogP contribution in [-0.2, 0) is 19.1 Å². The molecule has 24 heavy (non-hydrogen) atoms. The molecule has 0 aromatic carbocycles. The van der Waals surface area contributed by atoms with Gasteiger partial charge in [-0.05, 0) is 69.6 Å². The van der Waals surface area contributed by atoms with Crippen LogP contribution in [-0.4, -0.2) is 29.4 Å². The molecule has 7 heteroatoms. The normalized spacial score (nSPS) is 38.7. The van der Waals surface area contributed by atoms with E-state index in [0.29, 0.717) is 11.8 Å². The number of halogens is 2. The summed E-state index contributed by atoms with van der Waals surface area (Å²) in [6.07, 6.45) is 5.72. The van der Waals surface area contributed by atoms with Gasteiger partial charge in [-0.25, -0.2) is 4.79 Å². The lowest BCUT2D eigenvalue weighted by atomic mass is 9.50. The molecule has 4 fully saturated rings. The van der Waals surface area contributed by atoms with Gasteiger partial charge in [-0.2, -0.15) is 8.78 Å². The van der Waals surface area contributed by atoms with Crippen LogP contribution >= 0.6 is 12.6 Å². The topological polar surface area (TPSA) is 52.6 Å². The van der Waals surface area contributed by atoms with E-state index in [9.17, 15) is 18.4 Å². The first kappa shape index (κ1) is 18.0. The average Bonchev–Trinajstić information content (AvgIpc) is 2.48. The number of thiol groups is 1. The Morgan fingerprint density at radius 3 is 2.12 bits per heavy atom. The van der Waals surface area contributed by atoms with Crippen LogP contribution in [0, 0.1) is 29.6 Å². The van der Waals surface area contributed by atoms with Crippen LogP contribution in [0.3, 0.4) is 0 Å². The Morgan fingerprint density at radius 1 is 1.17 bits per heavy atom. The highest BCUT2D eigenvalue weighted by Crippen LogP contribution is 2.59. The van der Waals surface area contributed by atoms with Gasteiger partial charge >= 0.3 is 17.2 Å². The fourth-order valence-electron chi connectivity index (χ4n) is 4.96. The van der Waals surface area contributed by atoms with Crippen molar-refractivity contribution < 1.29 is 27.8 Å². The molecule has 0 radical (unpaired) electrons. The van der Waals surface area contributed by atoms with Crippen molar-refractivity contribution >= 4 is 24.6 Å². The van der Waals surface area contributed by atoms with Gasteiger partial charge in [-0.15, -0.1) is 0 Å². The minimum Gasteiger partial charge on any atom is -0.460 e. The summed E-state index contributed by atoms with van der Waals surface area (Å²) in [6.45, 7) is 3.11. The summed E-state index contributed by atoms with van der Waals surface area (Å²) in [5.41, 5.74) is -0.476. The van der Waals surface area contributed by atoms with Crippen LogP contribution in [0.5, 0.6) is 0 Å². The van der Waals surface area contributed by atoms with E-state index >= 15 is 0 Å². The number of rotatable bonds is 5. The number of alkyl halides is 2. The lowest BCUT2D eigenvalue weighted by Gasteiger charge is -2.59. The molecule has 4 bridgehead atoms. The van der Waals surface area contributed by atoms with Gasteiger partial charge in [-0.3, -0.25) is 4.79 Å². The van der Waals surface area contributed by atoms with Gasteiger partial charge in [0.1, 0.15) is 12.2 Å². The molecule has 136 valence electrons. The Kier molecular flexibility index (Phi) is 4.60. The van der Waals surface area contributed by atoms with Gasteiger partial charge in [0.25, 0.3) is 0 Å². The first-order valence-corrected chi connectivity index (χ1v) is 9.04. The highest BCUT2D eigenvalue weighted by Gasteiger charge is 2.57. The maximum atomic E-state index is 12.7. The molecule has 0 aliphatic heterocycles. The van der Waals surface area contributed by atoms with Crippen molar-refractivity contribution in [3.63, 3.8) is 0 Å². The van der Waals surface area contributed by atoms with Gasteiger partial charge in [0.05, 0.1) is 5.92 Å². The Balaban J connectivity index is 1.57. The van der Waals surface area contributed by atoms with Gasteiger partial charge in [0.15, 0.2) is 0 Å². The van der Waals surface area contributed by atoms with Crippen molar-refractivity contribution in [2.24, 2.45) is 29.6 Å². The summed E-state index contributed by atoms with van der Waals surface area (Å²) in [7, 11) is 0. The third-order valence-corrected chi connectivity index (χ3v) is 6.37. The molecular formula is C17H24F2O4S. The number of carbonyl (C=O) groups excluding carboxylic acids is 2. The Bertz CT molecular complexity index is 503. The predicted octanol–water partition coefficient (Wildman–Crippen LogP) is 3.45. The van der Waals surface area contributed by atoms with E-state index in [0.717, 1.165) is 37.5 Å². The fourth-order valence-corrected chi connectivity index (χ4v) is 5.02. The Labute approximate surface area is 146 Å². The second kappa shape index (κ2) is 6.15. The highest BCUT2D eigenvalue weighted by molar-refractivity contribution is 7.82. The van der Waals surface area contributed by atoms with E-state index < -0.39 is 35.3 Å². The summed E-state index contributed by atoms with van der Waals surface area (Å²) < 4.78 is 35.7.